The molecule has 0 amide bonds. The van der Waals surface area contributed by atoms with Crippen LogP contribution >= 0.6 is 0 Å². The molecule has 2 nitrogen and oxygen atoms in total. The van der Waals surface area contributed by atoms with E-state index in [4.69, 9.17) is 9.47 Å². The Bertz CT molecular complexity index is 369. The smallest absolute Gasteiger partial charge is 0.162 e. The van der Waals surface area contributed by atoms with E-state index in [1.54, 1.807) is 0 Å². The molecule has 0 spiro atoms. The molecule has 1 aliphatic heterocycles. The van der Waals surface area contributed by atoms with Crippen LogP contribution in [0.15, 0.2) is 18.2 Å². The van der Waals surface area contributed by atoms with Gasteiger partial charge >= 0.3 is 0 Å². The highest BCUT2D eigenvalue weighted by Crippen LogP contribution is 2.35. The maximum Gasteiger partial charge on any atom is 0.162 e. The largest absolute Gasteiger partial charge is 0.486 e. The molecule has 1 unspecified atom stereocenters. The Morgan fingerprint density at radius 3 is 2.50 bits per heavy atom. The van der Waals surface area contributed by atoms with Gasteiger partial charge in [-0.2, -0.15) is 0 Å². The number of hydrogen-bond acceptors (Lipinski definition) is 2. The van der Waals surface area contributed by atoms with Crippen LogP contribution < -0.4 is 9.47 Å². The van der Waals surface area contributed by atoms with Crippen LogP contribution in [0.1, 0.15) is 39.2 Å². The first-order chi connectivity index (χ1) is 7.58. The maximum absolute atomic E-state index is 5.96. The Kier molecular flexibility index (Phi) is 3.08. The van der Waals surface area contributed by atoms with Crippen LogP contribution in [0, 0.1) is 5.92 Å². The van der Waals surface area contributed by atoms with Crippen molar-refractivity contribution in [3.8, 4) is 11.5 Å². The Labute approximate surface area is 97.6 Å². The van der Waals surface area contributed by atoms with Crippen molar-refractivity contribution in [3.05, 3.63) is 23.8 Å². The topological polar surface area (TPSA) is 18.5 Å². The van der Waals surface area contributed by atoms with Gasteiger partial charge in [-0.3, -0.25) is 0 Å². The zero-order valence-electron chi connectivity index (χ0n) is 10.5. The Morgan fingerprint density at radius 1 is 1.12 bits per heavy atom. The highest BCUT2D eigenvalue weighted by Gasteiger charge is 2.23. The number of ether oxygens (including phenoxy) is 2. The molecule has 2 heteroatoms. The number of hydrogen-bond donors (Lipinski definition) is 0. The van der Waals surface area contributed by atoms with Crippen molar-refractivity contribution in [1.82, 2.24) is 0 Å². The van der Waals surface area contributed by atoms with Gasteiger partial charge in [0.1, 0.15) is 12.7 Å². The van der Waals surface area contributed by atoms with Gasteiger partial charge in [-0.05, 0) is 29.5 Å². The molecule has 0 fully saturated rings. The highest BCUT2D eigenvalue weighted by molar-refractivity contribution is 5.44. The van der Waals surface area contributed by atoms with Crippen molar-refractivity contribution in [3.63, 3.8) is 0 Å². The molecule has 16 heavy (non-hydrogen) atoms. The predicted octanol–water partition coefficient (Wildman–Crippen LogP) is 3.61. The van der Waals surface area contributed by atoms with Crippen molar-refractivity contribution in [2.24, 2.45) is 5.92 Å². The summed E-state index contributed by atoms with van der Waals surface area (Å²) < 4.78 is 11.7. The van der Waals surface area contributed by atoms with E-state index < -0.39 is 0 Å². The van der Waals surface area contributed by atoms with Crippen molar-refractivity contribution >= 4 is 0 Å². The molecular formula is C14H20O2. The zero-order chi connectivity index (χ0) is 11.7. The van der Waals surface area contributed by atoms with Crippen LogP contribution in [-0.2, 0) is 0 Å². The van der Waals surface area contributed by atoms with Crippen molar-refractivity contribution in [2.75, 3.05) is 6.61 Å². The molecule has 2 rings (SSSR count). The van der Waals surface area contributed by atoms with E-state index in [0.717, 1.165) is 11.5 Å². The van der Waals surface area contributed by atoms with Crippen molar-refractivity contribution in [2.45, 2.75) is 39.7 Å². The third kappa shape index (κ3) is 2.16. The molecule has 0 aliphatic carbocycles. The summed E-state index contributed by atoms with van der Waals surface area (Å²) in [5.74, 6) is 2.78. The van der Waals surface area contributed by atoms with E-state index in [0.29, 0.717) is 18.4 Å². The number of benzene rings is 1. The minimum absolute atomic E-state index is 0.176. The summed E-state index contributed by atoms with van der Waals surface area (Å²) in [6, 6.07) is 6.23. The van der Waals surface area contributed by atoms with Gasteiger partial charge in [-0.25, -0.2) is 0 Å². The van der Waals surface area contributed by atoms with Gasteiger partial charge < -0.3 is 9.47 Å². The Balaban J connectivity index is 2.25. The standard InChI is InChI=1S/C14H20O2/c1-9(2)11-5-6-12-13(7-11)16-14(8-15-12)10(3)4/h5-7,9-10,14H,8H2,1-4H3. The fourth-order valence-corrected chi connectivity index (χ4v) is 1.79. The normalized spacial score (nSPS) is 19.2. The summed E-state index contributed by atoms with van der Waals surface area (Å²) in [5.41, 5.74) is 1.30. The SMILES string of the molecule is CC(C)c1ccc2c(c1)OC(C(C)C)CO2. The summed E-state index contributed by atoms with van der Waals surface area (Å²) in [7, 11) is 0. The van der Waals surface area contributed by atoms with Crippen LogP contribution in [0.3, 0.4) is 0 Å². The lowest BCUT2D eigenvalue weighted by atomic mass is 10.0. The summed E-state index contributed by atoms with van der Waals surface area (Å²) in [6.07, 6.45) is 0.176. The Morgan fingerprint density at radius 2 is 1.88 bits per heavy atom. The molecule has 1 atom stereocenters. The van der Waals surface area contributed by atoms with Crippen LogP contribution in [0.25, 0.3) is 0 Å². The maximum atomic E-state index is 5.96. The second kappa shape index (κ2) is 4.36. The first kappa shape index (κ1) is 11.3. The third-order valence-corrected chi connectivity index (χ3v) is 3.06. The van der Waals surface area contributed by atoms with Gasteiger partial charge in [0.25, 0.3) is 0 Å². The molecule has 0 N–H and O–H groups in total. The quantitative estimate of drug-likeness (QED) is 0.758. The average Bonchev–Trinajstić information content (AvgIpc) is 2.27. The fourth-order valence-electron chi connectivity index (χ4n) is 1.79. The van der Waals surface area contributed by atoms with Crippen LogP contribution in [0.5, 0.6) is 11.5 Å². The van der Waals surface area contributed by atoms with E-state index >= 15 is 0 Å². The van der Waals surface area contributed by atoms with Gasteiger partial charge in [0.15, 0.2) is 11.5 Å². The molecule has 1 heterocycles. The van der Waals surface area contributed by atoms with Crippen LogP contribution in [0.2, 0.25) is 0 Å². The van der Waals surface area contributed by atoms with Crippen LogP contribution in [-0.4, -0.2) is 12.7 Å². The molecule has 1 aromatic carbocycles. The third-order valence-electron chi connectivity index (χ3n) is 3.06. The lowest BCUT2D eigenvalue weighted by Crippen LogP contribution is -2.33. The zero-order valence-corrected chi connectivity index (χ0v) is 10.5. The van der Waals surface area contributed by atoms with E-state index in [9.17, 15) is 0 Å². The first-order valence-corrected chi connectivity index (χ1v) is 6.01. The lowest BCUT2D eigenvalue weighted by Gasteiger charge is -2.29. The minimum Gasteiger partial charge on any atom is -0.486 e. The molecule has 0 saturated carbocycles. The Hall–Kier alpha value is -1.18. The predicted molar refractivity (Wildman–Crippen MR) is 65.3 cm³/mol. The monoisotopic (exact) mass is 220 g/mol. The van der Waals surface area contributed by atoms with Gasteiger partial charge in [-0.15, -0.1) is 0 Å². The second-order valence-corrected chi connectivity index (χ2v) is 5.07. The second-order valence-electron chi connectivity index (χ2n) is 5.07. The highest BCUT2D eigenvalue weighted by atomic mass is 16.6. The van der Waals surface area contributed by atoms with E-state index in [1.807, 2.05) is 6.07 Å². The average molecular weight is 220 g/mol. The summed E-state index contributed by atoms with van der Waals surface area (Å²) in [5, 5.41) is 0. The van der Waals surface area contributed by atoms with Gasteiger partial charge in [0.05, 0.1) is 0 Å². The van der Waals surface area contributed by atoms with E-state index in [2.05, 4.69) is 39.8 Å². The molecular weight excluding hydrogens is 200 g/mol. The molecule has 0 saturated heterocycles. The van der Waals surface area contributed by atoms with Crippen LogP contribution in [0.4, 0.5) is 0 Å². The number of fused-ring (bicyclic) bond motifs is 1. The van der Waals surface area contributed by atoms with Gasteiger partial charge in [-0.1, -0.05) is 33.8 Å². The minimum atomic E-state index is 0.176. The van der Waals surface area contributed by atoms with Gasteiger partial charge in [0, 0.05) is 0 Å². The number of rotatable bonds is 2. The molecule has 88 valence electrons. The lowest BCUT2D eigenvalue weighted by molar-refractivity contribution is 0.0589. The summed E-state index contributed by atoms with van der Waals surface area (Å²) >= 11 is 0. The van der Waals surface area contributed by atoms with E-state index in [1.165, 1.54) is 5.56 Å². The van der Waals surface area contributed by atoms with Gasteiger partial charge in [0.2, 0.25) is 0 Å². The first-order valence-electron chi connectivity index (χ1n) is 6.01. The summed E-state index contributed by atoms with van der Waals surface area (Å²) in [4.78, 5) is 0. The van der Waals surface area contributed by atoms with Crippen molar-refractivity contribution in [1.29, 1.82) is 0 Å². The molecule has 0 radical (unpaired) electrons. The molecule has 0 bridgehead atoms. The van der Waals surface area contributed by atoms with Crippen molar-refractivity contribution < 1.29 is 9.47 Å². The molecule has 1 aliphatic rings. The van der Waals surface area contributed by atoms with E-state index in [-0.39, 0.29) is 6.10 Å². The molecule has 1 aromatic rings. The molecule has 0 aromatic heterocycles. The summed E-state index contributed by atoms with van der Waals surface area (Å²) in [6.45, 7) is 9.35. The fraction of sp³-hybridized carbons (Fsp3) is 0.571.